The first-order valence-electron chi connectivity index (χ1n) is 10.5. The molecule has 0 atom stereocenters. The van der Waals surface area contributed by atoms with Gasteiger partial charge in [-0.15, -0.1) is 11.3 Å². The van der Waals surface area contributed by atoms with Crippen molar-refractivity contribution in [1.29, 1.82) is 0 Å². The number of benzene rings is 2. The number of aldehydes is 1. The molecule has 0 amide bonds. The van der Waals surface area contributed by atoms with Crippen molar-refractivity contribution >= 4 is 67.4 Å². The largest absolute Gasteiger partial charge is 0.496 e. The molecule has 0 saturated carbocycles. The summed E-state index contributed by atoms with van der Waals surface area (Å²) in [6.07, 6.45) is 2.59. The van der Waals surface area contributed by atoms with Crippen LogP contribution in [0, 0.1) is 0 Å². The third-order valence-corrected chi connectivity index (χ3v) is 6.21. The number of carbonyl (C=O) groups is 1. The molecule has 4 rings (SSSR count). The van der Waals surface area contributed by atoms with E-state index in [2.05, 4.69) is 58.7 Å². The Morgan fingerprint density at radius 2 is 1.88 bits per heavy atom. The summed E-state index contributed by atoms with van der Waals surface area (Å²) in [7, 11) is 3.52. The number of hydrogen-bond donors (Lipinski definition) is 0. The van der Waals surface area contributed by atoms with Gasteiger partial charge in [0.2, 0.25) is 0 Å². The summed E-state index contributed by atoms with van der Waals surface area (Å²) in [5, 5.41) is 1.63. The Balaban J connectivity index is 0.00000149. The van der Waals surface area contributed by atoms with Crippen LogP contribution in [0.15, 0.2) is 78.4 Å². The van der Waals surface area contributed by atoms with E-state index in [1.54, 1.807) is 7.11 Å². The zero-order valence-corrected chi connectivity index (χ0v) is 20.7. The van der Waals surface area contributed by atoms with Crippen molar-refractivity contribution in [3.05, 3.63) is 78.3 Å². The van der Waals surface area contributed by atoms with Crippen molar-refractivity contribution in [2.24, 2.45) is 4.99 Å². The Labute approximate surface area is 203 Å². The summed E-state index contributed by atoms with van der Waals surface area (Å²) in [4.78, 5) is 18.1. The predicted octanol–water partition coefficient (Wildman–Crippen LogP) is 7.57. The molecule has 0 radical (unpaired) electrons. The maximum atomic E-state index is 11.0. The minimum atomic E-state index is -0.112. The van der Waals surface area contributed by atoms with Gasteiger partial charge in [-0.05, 0) is 36.4 Å². The molecule has 5 nitrogen and oxygen atoms in total. The Bertz CT molecular complexity index is 1290. The van der Waals surface area contributed by atoms with Crippen LogP contribution in [-0.2, 0) is 9.53 Å². The van der Waals surface area contributed by atoms with Crippen molar-refractivity contribution in [2.45, 2.75) is 13.8 Å². The number of aliphatic imine (C=N–C) groups is 1. The molecule has 33 heavy (non-hydrogen) atoms. The molecule has 0 fully saturated rings. The van der Waals surface area contributed by atoms with E-state index in [-0.39, 0.29) is 5.17 Å². The number of ether oxygens (including phenoxy) is 1. The summed E-state index contributed by atoms with van der Waals surface area (Å²) in [6.45, 7) is 7.92. The summed E-state index contributed by atoms with van der Waals surface area (Å²) in [5.74, 6) is 0.525. The minimum absolute atomic E-state index is 0.112. The van der Waals surface area contributed by atoms with E-state index < -0.39 is 0 Å². The molecular formula is C26H26ClN3O2S. The molecule has 0 bridgehead atoms. The summed E-state index contributed by atoms with van der Waals surface area (Å²) < 4.78 is 7.43. The fourth-order valence-electron chi connectivity index (χ4n) is 3.33. The zero-order valence-electron chi connectivity index (χ0n) is 19.1. The number of aromatic nitrogens is 1. The second-order valence-electron chi connectivity index (χ2n) is 6.80. The number of halogens is 1. The third kappa shape index (κ3) is 5.18. The van der Waals surface area contributed by atoms with Crippen LogP contribution >= 0.6 is 22.9 Å². The molecule has 0 N–H and O–H groups in total. The number of fused-ring (bicyclic) bond motifs is 1. The molecule has 0 unspecified atom stereocenters. The molecule has 0 spiro atoms. The first-order chi connectivity index (χ1) is 16.0. The number of para-hydroxylation sites is 1. The van der Waals surface area contributed by atoms with E-state index in [0.29, 0.717) is 17.0 Å². The van der Waals surface area contributed by atoms with Gasteiger partial charge in [-0.3, -0.25) is 4.79 Å². The van der Waals surface area contributed by atoms with Gasteiger partial charge >= 0.3 is 0 Å². The van der Waals surface area contributed by atoms with E-state index in [0.717, 1.165) is 32.8 Å². The van der Waals surface area contributed by atoms with Gasteiger partial charge < -0.3 is 14.2 Å². The van der Waals surface area contributed by atoms with Gasteiger partial charge in [0.1, 0.15) is 10.8 Å². The Morgan fingerprint density at radius 1 is 1.15 bits per heavy atom. The average molecular weight is 480 g/mol. The Hall–Kier alpha value is -3.35. The van der Waals surface area contributed by atoms with E-state index in [4.69, 9.17) is 16.3 Å². The highest BCUT2D eigenvalue weighted by molar-refractivity contribution is 7.17. The molecule has 0 aliphatic heterocycles. The number of hydrogen-bond acceptors (Lipinski definition) is 5. The zero-order chi connectivity index (χ0) is 24.0. The smallest absolute Gasteiger partial charge is 0.180 e. The average Bonchev–Trinajstić information content (AvgIpc) is 3.48. The van der Waals surface area contributed by atoms with Gasteiger partial charge in [0, 0.05) is 30.0 Å². The summed E-state index contributed by atoms with van der Waals surface area (Å²) in [6, 6.07) is 20.5. The minimum Gasteiger partial charge on any atom is -0.496 e. The normalized spacial score (nSPS) is 11.0. The molecule has 7 heteroatoms. The van der Waals surface area contributed by atoms with Gasteiger partial charge in [0.15, 0.2) is 11.5 Å². The first-order valence-corrected chi connectivity index (χ1v) is 11.7. The number of carbonyl (C=O) groups excluding carboxylic acids is 1. The van der Waals surface area contributed by atoms with Gasteiger partial charge in [0.25, 0.3) is 0 Å². The van der Waals surface area contributed by atoms with Crippen molar-refractivity contribution in [3.8, 4) is 5.69 Å². The molecule has 2 aromatic carbocycles. The lowest BCUT2D eigenvalue weighted by atomic mass is 10.2. The van der Waals surface area contributed by atoms with Gasteiger partial charge in [-0.25, -0.2) is 4.99 Å². The fourth-order valence-corrected chi connectivity index (χ4v) is 4.49. The monoisotopic (exact) mass is 479 g/mol. The van der Waals surface area contributed by atoms with E-state index >= 15 is 0 Å². The van der Waals surface area contributed by atoms with Gasteiger partial charge in [0.05, 0.1) is 23.2 Å². The van der Waals surface area contributed by atoms with Crippen molar-refractivity contribution < 1.29 is 9.53 Å². The van der Waals surface area contributed by atoms with E-state index in [1.165, 1.54) is 11.3 Å². The lowest BCUT2D eigenvalue weighted by Crippen LogP contribution is -2.09. The Morgan fingerprint density at radius 3 is 2.55 bits per heavy atom. The molecule has 0 saturated heterocycles. The molecule has 0 aliphatic carbocycles. The molecule has 2 heterocycles. The van der Waals surface area contributed by atoms with Crippen LogP contribution in [0.4, 0.5) is 16.4 Å². The second-order valence-corrected chi connectivity index (χ2v) is 8.22. The van der Waals surface area contributed by atoms with Crippen LogP contribution in [0.25, 0.3) is 22.3 Å². The molecule has 170 valence electrons. The second kappa shape index (κ2) is 11.0. The van der Waals surface area contributed by atoms with Crippen LogP contribution in [-0.4, -0.2) is 30.2 Å². The maximum absolute atomic E-state index is 11.0. The van der Waals surface area contributed by atoms with E-state index in [1.807, 2.05) is 50.1 Å². The van der Waals surface area contributed by atoms with Crippen molar-refractivity contribution in [3.63, 3.8) is 0 Å². The van der Waals surface area contributed by atoms with Crippen molar-refractivity contribution in [2.75, 3.05) is 19.1 Å². The topological polar surface area (TPSA) is 46.8 Å². The highest BCUT2D eigenvalue weighted by atomic mass is 35.5. The SMILES string of the molecule is C=C(OC)c1cc(N(C)c2ccc3ccn(-c4ccccc4)c3c2)c(/N=C(/Cl)C=O)s1.CC. The van der Waals surface area contributed by atoms with Crippen LogP contribution < -0.4 is 4.90 Å². The van der Waals surface area contributed by atoms with Gasteiger partial charge in [-0.1, -0.05) is 56.3 Å². The van der Waals surface area contributed by atoms with Crippen LogP contribution in [0.5, 0.6) is 0 Å². The molecule has 2 aromatic heterocycles. The summed E-state index contributed by atoms with van der Waals surface area (Å²) >= 11 is 7.27. The lowest BCUT2D eigenvalue weighted by molar-refractivity contribution is -0.102. The number of thiophene rings is 1. The maximum Gasteiger partial charge on any atom is 0.180 e. The highest BCUT2D eigenvalue weighted by Crippen LogP contribution is 2.43. The quantitative estimate of drug-likeness (QED) is 0.156. The number of anilines is 2. The lowest BCUT2D eigenvalue weighted by Gasteiger charge is -2.19. The number of nitrogens with zero attached hydrogens (tertiary/aromatic N) is 3. The van der Waals surface area contributed by atoms with E-state index in [9.17, 15) is 4.79 Å². The van der Waals surface area contributed by atoms with Gasteiger partial charge in [-0.2, -0.15) is 0 Å². The molecular weight excluding hydrogens is 454 g/mol. The number of rotatable bonds is 7. The molecule has 4 aromatic rings. The predicted molar refractivity (Wildman–Crippen MR) is 142 cm³/mol. The third-order valence-electron chi connectivity index (χ3n) is 4.98. The summed E-state index contributed by atoms with van der Waals surface area (Å²) in [5.41, 5.74) is 3.95. The highest BCUT2D eigenvalue weighted by Gasteiger charge is 2.17. The first kappa shape index (κ1) is 24.3. The van der Waals surface area contributed by atoms with Crippen molar-refractivity contribution in [1.82, 2.24) is 4.57 Å². The molecule has 0 aliphatic rings. The number of methoxy groups -OCH3 is 1. The standard InChI is InChI=1S/C24H20ClN3O2S.C2H6/c1-16(30-3)22-14-21(24(31-22)26-23(25)15-29)27(2)19-10-9-17-11-12-28(20(17)13-19)18-7-5-4-6-8-18;1-2/h4-15H,1H2,2-3H3;1-2H3/b26-23+;. The van der Waals surface area contributed by atoms with Crippen LogP contribution in [0.3, 0.4) is 0 Å². The van der Waals surface area contributed by atoms with Crippen LogP contribution in [0.2, 0.25) is 0 Å². The fraction of sp³-hybridized carbons (Fsp3) is 0.154. The van der Waals surface area contributed by atoms with Crippen LogP contribution in [0.1, 0.15) is 18.7 Å². The Kier molecular flexibility index (Phi) is 8.09.